The van der Waals surface area contributed by atoms with Gasteiger partial charge in [0.1, 0.15) is 0 Å². The Morgan fingerprint density at radius 1 is 1.00 bits per heavy atom. The van der Waals surface area contributed by atoms with Crippen molar-refractivity contribution in [1.82, 2.24) is 0 Å². The SMILES string of the molecule is Clc1ccc(C2=[C]([Fe][C]3=CC=CC3)CC=C2)cc1. The van der Waals surface area contributed by atoms with Crippen molar-refractivity contribution in [3.63, 3.8) is 0 Å². The molecule has 0 unspecified atom stereocenters. The Balaban J connectivity index is 1.87. The molecular formula is C16H13ClFe. The molecule has 0 aromatic heterocycles. The van der Waals surface area contributed by atoms with E-state index in [2.05, 4.69) is 42.5 Å². The Labute approximate surface area is 119 Å². The second-order valence-electron chi connectivity index (χ2n) is 4.24. The Morgan fingerprint density at radius 3 is 2.56 bits per heavy atom. The van der Waals surface area contributed by atoms with E-state index in [1.165, 1.54) is 20.1 Å². The summed E-state index contributed by atoms with van der Waals surface area (Å²) in [6, 6.07) is 8.14. The molecule has 1 aromatic rings. The number of halogens is 1. The van der Waals surface area contributed by atoms with Crippen LogP contribution in [0, 0.1) is 0 Å². The molecule has 0 nitrogen and oxygen atoms in total. The number of rotatable bonds is 3. The van der Waals surface area contributed by atoms with Gasteiger partial charge in [-0.2, -0.15) is 0 Å². The third kappa shape index (κ3) is 2.54. The molecule has 0 spiro atoms. The second-order valence-corrected chi connectivity index (χ2v) is 6.32. The Hall–Kier alpha value is -1.01. The van der Waals surface area contributed by atoms with Crippen LogP contribution < -0.4 is 0 Å². The van der Waals surface area contributed by atoms with Crippen LogP contribution in [-0.2, 0) is 15.0 Å². The van der Waals surface area contributed by atoms with Gasteiger partial charge >= 0.3 is 119 Å². The molecule has 0 saturated heterocycles. The first-order chi connectivity index (χ1) is 8.83. The molecule has 2 heteroatoms. The van der Waals surface area contributed by atoms with Gasteiger partial charge in [-0.05, 0) is 0 Å². The summed E-state index contributed by atoms with van der Waals surface area (Å²) in [7, 11) is 0. The van der Waals surface area contributed by atoms with Crippen LogP contribution in [0.15, 0.2) is 63.6 Å². The molecule has 18 heavy (non-hydrogen) atoms. The van der Waals surface area contributed by atoms with Crippen molar-refractivity contribution in [1.29, 1.82) is 0 Å². The van der Waals surface area contributed by atoms with Gasteiger partial charge in [0.15, 0.2) is 0 Å². The van der Waals surface area contributed by atoms with E-state index in [-0.39, 0.29) is 0 Å². The predicted octanol–water partition coefficient (Wildman–Crippen LogP) is 4.94. The molecule has 0 fully saturated rings. The van der Waals surface area contributed by atoms with Gasteiger partial charge in [-0.25, -0.2) is 0 Å². The summed E-state index contributed by atoms with van der Waals surface area (Å²) in [6.07, 6.45) is 13.3. The average molecular weight is 297 g/mol. The fourth-order valence-corrected chi connectivity index (χ4v) is 3.69. The molecule has 1 aromatic carbocycles. The van der Waals surface area contributed by atoms with Crippen molar-refractivity contribution >= 4 is 17.2 Å². The van der Waals surface area contributed by atoms with Crippen LogP contribution in [0.5, 0.6) is 0 Å². The fraction of sp³-hybridized carbons (Fsp3) is 0.125. The molecule has 92 valence electrons. The first-order valence-corrected chi connectivity index (χ1v) is 7.45. The Bertz CT molecular complexity index is 574. The monoisotopic (exact) mass is 296 g/mol. The quantitative estimate of drug-likeness (QED) is 0.693. The van der Waals surface area contributed by atoms with Gasteiger partial charge in [0.05, 0.1) is 0 Å². The molecule has 0 heterocycles. The molecule has 2 aliphatic carbocycles. The summed E-state index contributed by atoms with van der Waals surface area (Å²) >= 11 is 7.04. The second kappa shape index (κ2) is 5.32. The van der Waals surface area contributed by atoms with Gasteiger partial charge < -0.3 is 0 Å². The third-order valence-corrected chi connectivity index (χ3v) is 4.83. The molecule has 2 aliphatic rings. The van der Waals surface area contributed by atoms with Gasteiger partial charge in [0, 0.05) is 0 Å². The molecule has 0 atom stereocenters. The summed E-state index contributed by atoms with van der Waals surface area (Å²) in [5.74, 6) is 0. The van der Waals surface area contributed by atoms with Crippen LogP contribution in [0.3, 0.4) is 0 Å². The van der Waals surface area contributed by atoms with E-state index in [1.807, 2.05) is 12.1 Å². The zero-order valence-electron chi connectivity index (χ0n) is 9.84. The summed E-state index contributed by atoms with van der Waals surface area (Å²) in [4.78, 5) is 0. The number of hydrogen-bond donors (Lipinski definition) is 0. The van der Waals surface area contributed by atoms with Crippen molar-refractivity contribution in [2.24, 2.45) is 0 Å². The molecule has 0 saturated carbocycles. The van der Waals surface area contributed by atoms with Crippen molar-refractivity contribution < 1.29 is 15.0 Å². The molecule has 0 radical (unpaired) electrons. The van der Waals surface area contributed by atoms with Crippen molar-refractivity contribution in [2.75, 3.05) is 0 Å². The average Bonchev–Trinajstić information content (AvgIpc) is 3.02. The molecular weight excluding hydrogens is 283 g/mol. The molecule has 0 aliphatic heterocycles. The Morgan fingerprint density at radius 2 is 1.83 bits per heavy atom. The summed E-state index contributed by atoms with van der Waals surface area (Å²) in [5.41, 5.74) is 2.65. The first-order valence-electron chi connectivity index (χ1n) is 5.96. The van der Waals surface area contributed by atoms with Gasteiger partial charge in [-0.3, -0.25) is 0 Å². The number of hydrogen-bond acceptors (Lipinski definition) is 0. The summed E-state index contributed by atoms with van der Waals surface area (Å²) < 4.78 is 3.03. The van der Waals surface area contributed by atoms with E-state index in [9.17, 15) is 0 Å². The zero-order chi connectivity index (χ0) is 12.4. The third-order valence-electron chi connectivity index (χ3n) is 2.95. The van der Waals surface area contributed by atoms with Gasteiger partial charge in [-0.15, -0.1) is 0 Å². The minimum absolute atomic E-state index is 0.797. The summed E-state index contributed by atoms with van der Waals surface area (Å²) in [6.45, 7) is 0. The fourth-order valence-electron chi connectivity index (χ4n) is 2.06. The van der Waals surface area contributed by atoms with Gasteiger partial charge in [-0.1, -0.05) is 0 Å². The van der Waals surface area contributed by atoms with Crippen LogP contribution in [-0.4, -0.2) is 0 Å². The minimum atomic E-state index is 0.797. The van der Waals surface area contributed by atoms with Crippen LogP contribution >= 0.6 is 11.6 Å². The topological polar surface area (TPSA) is 0 Å². The first kappa shape index (κ1) is 12.0. The van der Waals surface area contributed by atoms with Gasteiger partial charge in [0.2, 0.25) is 0 Å². The van der Waals surface area contributed by atoms with Crippen LogP contribution in [0.2, 0.25) is 5.02 Å². The Kier molecular flexibility index (Phi) is 3.56. The normalized spacial score (nSPS) is 17.9. The summed E-state index contributed by atoms with van der Waals surface area (Å²) in [5, 5.41) is 0.797. The standard InChI is InChI=1S/C11H8Cl.C5H5.Fe/c12-11-7-5-10(6-8-11)9-3-1-2-4-9;1-2-4-5-3-1;/h1,3,5-8H,2H2;1-3H,4H2;. The van der Waals surface area contributed by atoms with Crippen LogP contribution in [0.4, 0.5) is 0 Å². The molecule has 3 rings (SSSR count). The van der Waals surface area contributed by atoms with E-state index >= 15 is 0 Å². The maximum atomic E-state index is 5.94. The maximum absolute atomic E-state index is 5.94. The zero-order valence-corrected chi connectivity index (χ0v) is 11.7. The van der Waals surface area contributed by atoms with Crippen molar-refractivity contribution in [3.8, 4) is 0 Å². The van der Waals surface area contributed by atoms with Crippen molar-refractivity contribution in [2.45, 2.75) is 12.8 Å². The van der Waals surface area contributed by atoms with E-state index in [0.29, 0.717) is 0 Å². The molecule has 0 bridgehead atoms. The van der Waals surface area contributed by atoms with Crippen LogP contribution in [0.1, 0.15) is 18.4 Å². The van der Waals surface area contributed by atoms with Crippen molar-refractivity contribution in [3.05, 3.63) is 74.2 Å². The number of benzene rings is 1. The predicted molar refractivity (Wildman–Crippen MR) is 74.0 cm³/mol. The van der Waals surface area contributed by atoms with E-state index in [1.54, 1.807) is 0 Å². The van der Waals surface area contributed by atoms with Gasteiger partial charge in [0.25, 0.3) is 0 Å². The van der Waals surface area contributed by atoms with Crippen LogP contribution in [0.25, 0.3) is 5.57 Å². The van der Waals surface area contributed by atoms with E-state index in [4.69, 9.17) is 11.6 Å². The molecule has 0 amide bonds. The van der Waals surface area contributed by atoms with E-state index in [0.717, 1.165) is 32.8 Å². The number of allylic oxidation sites excluding steroid dienone is 8. The molecule has 0 N–H and O–H groups in total. The van der Waals surface area contributed by atoms with E-state index < -0.39 is 0 Å².